The van der Waals surface area contributed by atoms with E-state index in [0.29, 0.717) is 12.2 Å². The Hall–Kier alpha value is -2.55. The zero-order valence-electron chi connectivity index (χ0n) is 13.2. The summed E-state index contributed by atoms with van der Waals surface area (Å²) in [6, 6.07) is 15.3. The highest BCUT2D eigenvalue weighted by Crippen LogP contribution is 2.15. The van der Waals surface area contributed by atoms with Gasteiger partial charge in [-0.2, -0.15) is 0 Å². The number of nitrogens with zero attached hydrogens (tertiary/aromatic N) is 1. The van der Waals surface area contributed by atoms with E-state index in [4.69, 9.17) is 4.74 Å². The van der Waals surface area contributed by atoms with Crippen LogP contribution in [0, 0.1) is 0 Å². The molecule has 114 valence electrons. The summed E-state index contributed by atoms with van der Waals surface area (Å²) in [6.45, 7) is 2.60. The minimum absolute atomic E-state index is 0.000749. The van der Waals surface area contributed by atoms with E-state index in [1.165, 1.54) is 0 Å². The number of allylic oxidation sites excluding steroid dienone is 1. The van der Waals surface area contributed by atoms with Gasteiger partial charge in [-0.25, -0.2) is 0 Å². The van der Waals surface area contributed by atoms with E-state index < -0.39 is 0 Å². The molecule has 0 aromatic heterocycles. The van der Waals surface area contributed by atoms with Crippen LogP contribution in [0.1, 0.15) is 22.8 Å². The molecule has 0 unspecified atom stereocenters. The molecular weight excluding hydrogens is 274 g/mol. The Balaban J connectivity index is 2.04. The van der Waals surface area contributed by atoms with Crippen LogP contribution in [0.25, 0.3) is 6.08 Å². The topological polar surface area (TPSA) is 29.5 Å². The van der Waals surface area contributed by atoms with Gasteiger partial charge in [0.15, 0.2) is 5.78 Å². The fraction of sp³-hybridized carbons (Fsp3) is 0.211. The number of carbonyl (C=O) groups excluding carboxylic acids is 1. The minimum atomic E-state index is -0.000749. The van der Waals surface area contributed by atoms with Gasteiger partial charge in [0.1, 0.15) is 5.75 Å². The third kappa shape index (κ3) is 4.22. The summed E-state index contributed by atoms with van der Waals surface area (Å²) in [5.74, 6) is 0.837. The Morgan fingerprint density at radius 1 is 1.05 bits per heavy atom. The Morgan fingerprint density at radius 3 is 2.23 bits per heavy atom. The van der Waals surface area contributed by atoms with E-state index in [0.717, 1.165) is 17.0 Å². The van der Waals surface area contributed by atoms with E-state index in [-0.39, 0.29) is 5.78 Å². The van der Waals surface area contributed by atoms with Gasteiger partial charge in [0, 0.05) is 25.3 Å². The molecule has 0 atom stereocenters. The molecule has 0 aliphatic heterocycles. The predicted molar refractivity (Wildman–Crippen MR) is 91.7 cm³/mol. The highest BCUT2D eigenvalue weighted by molar-refractivity contribution is 6.06. The number of carbonyl (C=O) groups is 1. The first-order chi connectivity index (χ1) is 10.6. The summed E-state index contributed by atoms with van der Waals surface area (Å²) in [5, 5.41) is 0. The van der Waals surface area contributed by atoms with Crippen molar-refractivity contribution in [3.05, 3.63) is 65.7 Å². The van der Waals surface area contributed by atoms with Crippen LogP contribution in [-0.4, -0.2) is 26.5 Å². The lowest BCUT2D eigenvalue weighted by Gasteiger charge is -2.11. The fourth-order valence-corrected chi connectivity index (χ4v) is 2.03. The molecule has 0 heterocycles. The number of benzene rings is 2. The van der Waals surface area contributed by atoms with Crippen LogP contribution in [0.5, 0.6) is 5.75 Å². The quantitative estimate of drug-likeness (QED) is 0.595. The van der Waals surface area contributed by atoms with Crippen molar-refractivity contribution in [3.63, 3.8) is 0 Å². The van der Waals surface area contributed by atoms with E-state index in [9.17, 15) is 4.79 Å². The second-order valence-corrected chi connectivity index (χ2v) is 5.14. The van der Waals surface area contributed by atoms with Crippen molar-refractivity contribution in [2.75, 3.05) is 25.6 Å². The number of anilines is 1. The lowest BCUT2D eigenvalue weighted by molar-refractivity contribution is 0.104. The molecule has 0 aliphatic rings. The monoisotopic (exact) mass is 295 g/mol. The Morgan fingerprint density at radius 2 is 1.68 bits per heavy atom. The van der Waals surface area contributed by atoms with Crippen molar-refractivity contribution in [1.82, 2.24) is 0 Å². The maximum absolute atomic E-state index is 12.1. The first-order valence-electron chi connectivity index (χ1n) is 7.33. The molecule has 0 bridgehead atoms. The van der Waals surface area contributed by atoms with Crippen LogP contribution < -0.4 is 9.64 Å². The van der Waals surface area contributed by atoms with E-state index in [1.807, 2.05) is 80.5 Å². The summed E-state index contributed by atoms with van der Waals surface area (Å²) in [4.78, 5) is 14.1. The van der Waals surface area contributed by atoms with Gasteiger partial charge in [0.25, 0.3) is 0 Å². The molecule has 3 nitrogen and oxygen atoms in total. The van der Waals surface area contributed by atoms with Crippen molar-refractivity contribution >= 4 is 17.5 Å². The molecule has 0 fully saturated rings. The molecule has 2 rings (SSSR count). The number of ether oxygens (including phenoxy) is 1. The molecule has 0 saturated heterocycles. The van der Waals surface area contributed by atoms with Crippen molar-refractivity contribution in [2.45, 2.75) is 6.92 Å². The van der Waals surface area contributed by atoms with Gasteiger partial charge in [0.2, 0.25) is 0 Å². The van der Waals surface area contributed by atoms with Crippen LogP contribution >= 0.6 is 0 Å². The first-order valence-corrected chi connectivity index (χ1v) is 7.33. The lowest BCUT2D eigenvalue weighted by Crippen LogP contribution is -2.08. The van der Waals surface area contributed by atoms with Gasteiger partial charge >= 0.3 is 0 Å². The molecule has 0 radical (unpaired) electrons. The summed E-state index contributed by atoms with van der Waals surface area (Å²) >= 11 is 0. The molecule has 0 saturated carbocycles. The third-order valence-corrected chi connectivity index (χ3v) is 3.29. The zero-order valence-corrected chi connectivity index (χ0v) is 13.2. The van der Waals surface area contributed by atoms with Crippen molar-refractivity contribution in [1.29, 1.82) is 0 Å². The highest BCUT2D eigenvalue weighted by atomic mass is 16.5. The van der Waals surface area contributed by atoms with E-state index >= 15 is 0 Å². The second-order valence-electron chi connectivity index (χ2n) is 5.14. The highest BCUT2D eigenvalue weighted by Gasteiger charge is 2.02. The summed E-state index contributed by atoms with van der Waals surface area (Å²) in [7, 11) is 3.95. The van der Waals surface area contributed by atoms with Crippen LogP contribution in [0.2, 0.25) is 0 Å². The molecule has 0 aliphatic carbocycles. The normalized spacial score (nSPS) is 10.7. The Bertz CT molecular complexity index is 640. The van der Waals surface area contributed by atoms with Crippen molar-refractivity contribution in [2.24, 2.45) is 0 Å². The number of rotatable bonds is 6. The molecule has 22 heavy (non-hydrogen) atoms. The smallest absolute Gasteiger partial charge is 0.185 e. The van der Waals surface area contributed by atoms with Crippen molar-refractivity contribution in [3.8, 4) is 5.75 Å². The van der Waals surface area contributed by atoms with Gasteiger partial charge < -0.3 is 9.64 Å². The van der Waals surface area contributed by atoms with Gasteiger partial charge in [0.05, 0.1) is 6.61 Å². The van der Waals surface area contributed by atoms with Crippen LogP contribution in [0.4, 0.5) is 5.69 Å². The maximum Gasteiger partial charge on any atom is 0.185 e. The number of ketones is 1. The summed E-state index contributed by atoms with van der Waals surface area (Å²) < 4.78 is 5.39. The number of hydrogen-bond acceptors (Lipinski definition) is 3. The molecule has 3 heteroatoms. The average Bonchev–Trinajstić information content (AvgIpc) is 2.54. The van der Waals surface area contributed by atoms with Crippen LogP contribution in [-0.2, 0) is 0 Å². The first kappa shape index (κ1) is 15.8. The number of hydrogen-bond donors (Lipinski definition) is 0. The van der Waals surface area contributed by atoms with Gasteiger partial charge in [-0.15, -0.1) is 0 Å². The standard InChI is InChI=1S/C19H21NO2/c1-4-22-18-12-5-15(6-13-18)7-14-19(21)16-8-10-17(11-9-16)20(2)3/h5-14H,4H2,1-3H3/b14-7+. The second kappa shape index (κ2) is 7.46. The maximum atomic E-state index is 12.1. The molecule has 2 aromatic carbocycles. The average molecular weight is 295 g/mol. The van der Waals surface area contributed by atoms with Gasteiger partial charge in [-0.05, 0) is 55.0 Å². The van der Waals surface area contributed by atoms with Crippen LogP contribution in [0.15, 0.2) is 54.6 Å². The molecule has 0 N–H and O–H groups in total. The van der Waals surface area contributed by atoms with Gasteiger partial charge in [-0.3, -0.25) is 4.79 Å². The molecule has 2 aromatic rings. The molecule has 0 spiro atoms. The Kier molecular flexibility index (Phi) is 5.37. The molecule has 0 amide bonds. The Labute approximate surface area is 131 Å². The van der Waals surface area contributed by atoms with E-state index in [1.54, 1.807) is 6.08 Å². The predicted octanol–water partition coefficient (Wildman–Crippen LogP) is 4.05. The van der Waals surface area contributed by atoms with Gasteiger partial charge in [-0.1, -0.05) is 18.2 Å². The fourth-order valence-electron chi connectivity index (χ4n) is 2.03. The minimum Gasteiger partial charge on any atom is -0.494 e. The SMILES string of the molecule is CCOc1ccc(/C=C/C(=O)c2ccc(N(C)C)cc2)cc1. The summed E-state index contributed by atoms with van der Waals surface area (Å²) in [6.07, 6.45) is 3.41. The summed E-state index contributed by atoms with van der Waals surface area (Å²) in [5.41, 5.74) is 2.74. The third-order valence-electron chi connectivity index (χ3n) is 3.29. The van der Waals surface area contributed by atoms with E-state index in [2.05, 4.69) is 0 Å². The largest absolute Gasteiger partial charge is 0.494 e. The lowest BCUT2D eigenvalue weighted by atomic mass is 10.1. The molecular formula is C19H21NO2. The van der Waals surface area contributed by atoms with Crippen molar-refractivity contribution < 1.29 is 9.53 Å². The van der Waals surface area contributed by atoms with Crippen LogP contribution in [0.3, 0.4) is 0 Å². The zero-order chi connectivity index (χ0) is 15.9.